The number of phosphoric acid groups is 1. The van der Waals surface area contributed by atoms with Gasteiger partial charge in [0.1, 0.15) is 5.60 Å². The van der Waals surface area contributed by atoms with Crippen molar-refractivity contribution in [2.45, 2.75) is 90.6 Å². The van der Waals surface area contributed by atoms with E-state index in [9.17, 15) is 9.46 Å². The first-order valence-electron chi connectivity index (χ1n) is 10.3. The first kappa shape index (κ1) is 29.1. The number of unbranched alkanes of at least 4 members (excludes halogenated alkanes) is 9. The van der Waals surface area contributed by atoms with Crippen LogP contribution in [0.15, 0.2) is 24.3 Å². The van der Waals surface area contributed by atoms with Crippen LogP contribution in [0.3, 0.4) is 0 Å². The van der Waals surface area contributed by atoms with Gasteiger partial charge in [0.2, 0.25) is 0 Å². The van der Waals surface area contributed by atoms with Gasteiger partial charge in [0.05, 0.1) is 6.61 Å². The second kappa shape index (κ2) is 16.8. The van der Waals surface area contributed by atoms with Crippen LogP contribution in [0, 0.1) is 5.92 Å². The molecule has 0 aromatic rings. The minimum Gasteiger partial charge on any atom is -0.753 e. The number of hydrogen-bond acceptors (Lipinski definition) is 6. The second-order valence-corrected chi connectivity index (χ2v) is 8.59. The molecule has 0 saturated carbocycles. The predicted molar refractivity (Wildman–Crippen MR) is 105 cm³/mol. The summed E-state index contributed by atoms with van der Waals surface area (Å²) in [4.78, 5) is 21.5. The van der Waals surface area contributed by atoms with Gasteiger partial charge in [0.25, 0.3) is 0 Å². The summed E-state index contributed by atoms with van der Waals surface area (Å²) in [6.07, 6.45) is 19.2. The van der Waals surface area contributed by atoms with E-state index in [4.69, 9.17) is 9.78 Å². The van der Waals surface area contributed by atoms with Gasteiger partial charge in [-0.15, -0.1) is 0 Å². The number of hydrogen-bond donors (Lipinski definition) is 0. The van der Waals surface area contributed by atoms with Gasteiger partial charge in [0, 0.05) is 5.92 Å². The number of rotatable bonds is 16. The Balaban J connectivity index is 0.00000729. The largest absolute Gasteiger partial charge is 1.00 e. The Kier molecular flexibility index (Phi) is 17.5. The predicted octanol–water partition coefficient (Wildman–Crippen LogP) is 2.80. The van der Waals surface area contributed by atoms with E-state index < -0.39 is 13.4 Å². The molecule has 0 bridgehead atoms. The van der Waals surface area contributed by atoms with E-state index in [-0.39, 0.29) is 63.9 Å². The van der Waals surface area contributed by atoms with Gasteiger partial charge in [-0.05, 0) is 19.4 Å². The van der Waals surface area contributed by atoms with E-state index in [0.29, 0.717) is 0 Å². The van der Waals surface area contributed by atoms with E-state index in [2.05, 4.69) is 16.3 Å². The van der Waals surface area contributed by atoms with Crippen molar-refractivity contribution in [2.24, 2.45) is 5.92 Å². The zero-order valence-electron chi connectivity index (χ0n) is 18.1. The molecule has 0 aliphatic heterocycles. The fourth-order valence-electron chi connectivity index (χ4n) is 2.81. The minimum atomic E-state index is -4.66. The number of allylic oxidation sites excluding steroid dienone is 2. The first-order chi connectivity index (χ1) is 12.9. The topological polar surface area (TPSA) is 77.1 Å². The molecule has 0 spiro atoms. The molecular formula is C20H36KO6P. The van der Waals surface area contributed by atoms with Gasteiger partial charge in [0.15, 0.2) is 0 Å². The molecule has 1 aliphatic rings. The summed E-state index contributed by atoms with van der Waals surface area (Å²) in [6.45, 7) is 6.08. The average Bonchev–Trinajstić information content (AvgIpc) is 2.64. The molecular weight excluding hydrogens is 406 g/mol. The summed E-state index contributed by atoms with van der Waals surface area (Å²) < 4.78 is 20.6. The van der Waals surface area contributed by atoms with Crippen molar-refractivity contribution in [3.63, 3.8) is 0 Å². The van der Waals surface area contributed by atoms with Crippen LogP contribution in [0.4, 0.5) is 0 Å². The van der Waals surface area contributed by atoms with Gasteiger partial charge in [-0.3, -0.25) is 4.57 Å². The van der Waals surface area contributed by atoms with Crippen molar-refractivity contribution in [2.75, 3.05) is 6.61 Å². The molecule has 0 N–H and O–H groups in total. The molecule has 0 aromatic carbocycles. The summed E-state index contributed by atoms with van der Waals surface area (Å²) in [5.74, 6) is -0.0323. The zero-order valence-corrected chi connectivity index (χ0v) is 22.1. The van der Waals surface area contributed by atoms with Crippen LogP contribution in [0.1, 0.15) is 85.0 Å². The summed E-state index contributed by atoms with van der Waals surface area (Å²) in [5.41, 5.74) is -0.866. The van der Waals surface area contributed by atoms with Crippen molar-refractivity contribution in [3.8, 4) is 0 Å². The Morgan fingerprint density at radius 1 is 0.964 bits per heavy atom. The zero-order chi connectivity index (χ0) is 20.0. The van der Waals surface area contributed by atoms with Gasteiger partial charge in [-0.1, -0.05) is 89.9 Å². The van der Waals surface area contributed by atoms with Crippen molar-refractivity contribution >= 4 is 7.82 Å². The standard InChI is InChI=1S/C20H37O6P.K/c1-4-5-6-7-8-9-10-11-12-15-18-23-25-27(21,22)26-24-20(3)17-14-13-16-19(20)2;/h13-14,16-17,19H,4-12,15,18H2,1-3H3,(H,21,22);/q;+1/p-1. The van der Waals surface area contributed by atoms with Gasteiger partial charge < -0.3 is 4.89 Å². The van der Waals surface area contributed by atoms with Crippen LogP contribution in [0.5, 0.6) is 0 Å². The van der Waals surface area contributed by atoms with Crippen molar-refractivity contribution < 1.29 is 80.0 Å². The molecule has 0 saturated heterocycles. The van der Waals surface area contributed by atoms with Crippen LogP contribution in [-0.4, -0.2) is 12.2 Å². The van der Waals surface area contributed by atoms with Gasteiger partial charge in [-0.25, -0.2) is 9.78 Å². The fraction of sp³-hybridized carbons (Fsp3) is 0.800. The van der Waals surface area contributed by atoms with E-state index in [1.54, 1.807) is 19.1 Å². The molecule has 0 radical (unpaired) electrons. The fourth-order valence-corrected chi connectivity index (χ4v) is 3.29. The Morgan fingerprint density at radius 3 is 2.11 bits per heavy atom. The SMILES string of the molecule is CCCCCCCCCCCCOOP(=O)([O-])OOC1(C)C=CC=CC1C.[K+]. The molecule has 1 aliphatic carbocycles. The summed E-state index contributed by atoms with van der Waals surface area (Å²) in [6, 6.07) is 0. The normalized spacial score (nSPS) is 23.4. The molecule has 3 atom stereocenters. The Bertz CT molecular complexity index is 499. The van der Waals surface area contributed by atoms with E-state index in [0.717, 1.165) is 19.3 Å². The Hall–Kier alpha value is 1.15. The van der Waals surface area contributed by atoms with Crippen LogP contribution in [0.25, 0.3) is 0 Å². The summed E-state index contributed by atoms with van der Waals surface area (Å²) in [7, 11) is -4.66. The summed E-state index contributed by atoms with van der Waals surface area (Å²) >= 11 is 0. The van der Waals surface area contributed by atoms with E-state index in [1.807, 2.05) is 19.1 Å². The van der Waals surface area contributed by atoms with Crippen molar-refractivity contribution in [1.29, 1.82) is 0 Å². The molecule has 28 heavy (non-hydrogen) atoms. The van der Waals surface area contributed by atoms with Gasteiger partial charge >= 0.3 is 59.2 Å². The quantitative estimate of drug-likeness (QED) is 0.120. The van der Waals surface area contributed by atoms with Gasteiger partial charge in [-0.2, -0.15) is 9.35 Å². The van der Waals surface area contributed by atoms with Crippen molar-refractivity contribution in [3.05, 3.63) is 24.3 Å². The molecule has 0 amide bonds. The maximum absolute atomic E-state index is 11.7. The van der Waals surface area contributed by atoms with E-state index >= 15 is 0 Å². The average molecular weight is 443 g/mol. The van der Waals surface area contributed by atoms with Crippen LogP contribution in [0.2, 0.25) is 0 Å². The molecule has 1 rings (SSSR count). The Morgan fingerprint density at radius 2 is 1.54 bits per heavy atom. The molecule has 158 valence electrons. The monoisotopic (exact) mass is 442 g/mol. The molecule has 0 fully saturated rings. The van der Waals surface area contributed by atoms with Crippen LogP contribution in [-0.2, 0) is 23.7 Å². The maximum atomic E-state index is 11.7. The third kappa shape index (κ3) is 13.4. The third-order valence-corrected chi connectivity index (χ3v) is 5.42. The molecule has 3 unspecified atom stereocenters. The first-order valence-corrected chi connectivity index (χ1v) is 11.7. The van der Waals surface area contributed by atoms with Crippen molar-refractivity contribution in [1.82, 2.24) is 0 Å². The minimum absolute atomic E-state index is 0. The van der Waals surface area contributed by atoms with E-state index in [1.165, 1.54) is 44.9 Å². The van der Waals surface area contributed by atoms with Crippen LogP contribution < -0.4 is 56.3 Å². The molecule has 0 aromatic heterocycles. The second-order valence-electron chi connectivity index (χ2n) is 7.40. The van der Waals surface area contributed by atoms with Crippen LogP contribution >= 0.6 is 7.82 Å². The molecule has 0 heterocycles. The summed E-state index contributed by atoms with van der Waals surface area (Å²) in [5, 5.41) is 0. The molecule has 6 nitrogen and oxygen atoms in total. The Labute approximate surface area is 213 Å². The third-order valence-electron chi connectivity index (χ3n) is 4.88. The molecule has 8 heteroatoms. The smallest absolute Gasteiger partial charge is 0.753 e. The maximum Gasteiger partial charge on any atom is 1.00 e.